The summed E-state index contributed by atoms with van der Waals surface area (Å²) in [5.74, 6) is -0.513. The van der Waals surface area contributed by atoms with E-state index in [-0.39, 0.29) is 78.8 Å². The number of aromatic nitrogens is 3. The number of rotatable bonds is 12. The van der Waals surface area contributed by atoms with Crippen LogP contribution >= 0.6 is 11.6 Å². The number of hydrogen-bond acceptors (Lipinski definition) is 12. The van der Waals surface area contributed by atoms with Crippen LogP contribution in [0.5, 0.6) is 5.75 Å². The number of halogens is 2. The van der Waals surface area contributed by atoms with Crippen LogP contribution in [0.1, 0.15) is 92.2 Å². The number of imide groups is 1. The van der Waals surface area contributed by atoms with Crippen molar-refractivity contribution in [1.82, 2.24) is 35.0 Å². The van der Waals surface area contributed by atoms with Gasteiger partial charge in [0, 0.05) is 74.3 Å². The number of nitrogens with one attached hydrogen (secondary N) is 3. The molecule has 1 saturated carbocycles. The third kappa shape index (κ3) is 8.76. The fraction of sp³-hybridized carbons (Fsp3) is 0.500. The summed E-state index contributed by atoms with van der Waals surface area (Å²) in [6.45, 7) is 6.40. The number of carbonyl (C=O) groups is 4. The van der Waals surface area contributed by atoms with Gasteiger partial charge < -0.3 is 34.5 Å². The summed E-state index contributed by atoms with van der Waals surface area (Å²) in [5.41, 5.74) is 3.33. The number of likely N-dealkylation sites (tertiary alicyclic amines) is 1. The summed E-state index contributed by atoms with van der Waals surface area (Å²) >= 11 is 6.59. The van der Waals surface area contributed by atoms with E-state index in [0.29, 0.717) is 60.5 Å². The van der Waals surface area contributed by atoms with E-state index in [1.54, 1.807) is 22.9 Å². The van der Waals surface area contributed by atoms with Gasteiger partial charge in [-0.1, -0.05) is 23.7 Å². The number of ether oxygens (including phenoxy) is 2. The van der Waals surface area contributed by atoms with Crippen molar-refractivity contribution in [3.8, 4) is 5.75 Å². The van der Waals surface area contributed by atoms with E-state index in [9.17, 15) is 24.0 Å². The lowest BCUT2D eigenvalue weighted by Gasteiger charge is -2.47. The lowest BCUT2D eigenvalue weighted by atomic mass is 9.82. The molecule has 0 radical (unpaired) electrons. The summed E-state index contributed by atoms with van der Waals surface area (Å²) in [7, 11) is 1.51. The molecule has 3 saturated heterocycles. The molecule has 0 spiro atoms. The predicted molar refractivity (Wildman–Crippen MR) is 238 cm³/mol. The maximum Gasteiger partial charge on any atom is 0.293 e. The highest BCUT2D eigenvalue weighted by Crippen LogP contribution is 2.39. The number of alkyl halides is 1. The Morgan fingerprint density at radius 2 is 1.80 bits per heavy atom. The standard InChI is InChI=1S/C46H53ClFN9O7/c1-25(2)57-37-7-5-29(17-27(37)18-39(45(57)62)63-24-41(59)49-3)51-42-35(47)21-50-46(53-42)54-13-10-31(11-14-54)64-32-19-30(20-32)55-15-12-33(36(48)23-55)26-4-6-34-28(16-26)22-56(44(34)61)38-8-9-40(58)52-43(38)60/h4-7,16-18,21,25,30-33,36,38H,8-15,19-20,22-24H2,1-3H3,(H,49,59)(H,50,51,53)(H,52,58,60)/t30-,32-,33-,36-,38?/m1/s1. The van der Waals surface area contributed by atoms with Crippen LogP contribution in [0.3, 0.4) is 0 Å². The van der Waals surface area contributed by atoms with Gasteiger partial charge in [-0.25, -0.2) is 9.37 Å². The van der Waals surface area contributed by atoms with Crippen LogP contribution in [0.15, 0.2) is 53.5 Å². The number of pyridine rings is 1. The molecule has 4 amide bonds. The minimum atomic E-state index is -1.04. The average molecular weight is 898 g/mol. The molecule has 18 heteroatoms. The molecule has 1 aliphatic carbocycles. The predicted octanol–water partition coefficient (Wildman–Crippen LogP) is 5.00. The molecule has 4 aromatic rings. The van der Waals surface area contributed by atoms with Crippen LogP contribution in [-0.2, 0) is 25.7 Å². The smallest absolute Gasteiger partial charge is 0.293 e. The van der Waals surface area contributed by atoms with E-state index in [4.69, 9.17) is 26.1 Å². The van der Waals surface area contributed by atoms with Crippen LogP contribution in [0.25, 0.3) is 10.9 Å². The first kappa shape index (κ1) is 43.6. The van der Waals surface area contributed by atoms with Crippen molar-refractivity contribution in [3.63, 3.8) is 0 Å². The highest BCUT2D eigenvalue weighted by atomic mass is 35.5. The van der Waals surface area contributed by atoms with Crippen molar-refractivity contribution < 1.29 is 33.0 Å². The van der Waals surface area contributed by atoms with Crippen molar-refractivity contribution in [2.45, 2.75) is 108 Å². The largest absolute Gasteiger partial charge is 0.478 e. The van der Waals surface area contributed by atoms with Crippen LogP contribution in [-0.4, -0.2) is 118 Å². The lowest BCUT2D eigenvalue weighted by Crippen LogP contribution is -2.54. The zero-order chi connectivity index (χ0) is 44.8. The molecule has 0 bridgehead atoms. The minimum Gasteiger partial charge on any atom is -0.478 e. The van der Waals surface area contributed by atoms with E-state index in [1.807, 2.05) is 44.2 Å². The number of benzene rings is 2. The Hall–Kier alpha value is -5.65. The Labute approximate surface area is 374 Å². The van der Waals surface area contributed by atoms with Gasteiger partial charge in [-0.2, -0.15) is 4.98 Å². The highest BCUT2D eigenvalue weighted by molar-refractivity contribution is 6.33. The fourth-order valence-electron chi connectivity index (χ4n) is 9.84. The Morgan fingerprint density at radius 1 is 1.00 bits per heavy atom. The maximum atomic E-state index is 15.9. The van der Waals surface area contributed by atoms with Gasteiger partial charge in [-0.05, 0) is 100 Å². The van der Waals surface area contributed by atoms with Gasteiger partial charge in [0.1, 0.15) is 17.2 Å². The van der Waals surface area contributed by atoms with Crippen molar-refractivity contribution in [2.75, 3.05) is 50.1 Å². The summed E-state index contributed by atoms with van der Waals surface area (Å²) in [5, 5.41) is 9.25. The van der Waals surface area contributed by atoms with Crippen molar-refractivity contribution in [1.29, 1.82) is 0 Å². The van der Waals surface area contributed by atoms with E-state index < -0.39 is 18.1 Å². The van der Waals surface area contributed by atoms with E-state index in [0.717, 1.165) is 54.3 Å². The van der Waals surface area contributed by atoms with Crippen LogP contribution in [0.2, 0.25) is 5.02 Å². The van der Waals surface area contributed by atoms with Gasteiger partial charge in [-0.3, -0.25) is 34.2 Å². The summed E-state index contributed by atoms with van der Waals surface area (Å²) < 4.78 is 29.7. The molecule has 338 valence electrons. The Morgan fingerprint density at radius 3 is 2.53 bits per heavy atom. The zero-order valence-corrected chi connectivity index (χ0v) is 36.9. The fourth-order valence-corrected chi connectivity index (χ4v) is 9.97. The van der Waals surface area contributed by atoms with Crippen LogP contribution in [0.4, 0.5) is 21.8 Å². The van der Waals surface area contributed by atoms with Crippen LogP contribution < -0.4 is 31.1 Å². The SMILES string of the molecule is CNC(=O)COc1cc2cc(Nc3nc(N4CCC(O[C@H]5C[C@H](N6CC[C@H](c7ccc8c(c7)CN(C7CCC(=O)NC7=O)C8=O)[C@H](F)C6)C5)CC4)ncc3Cl)ccc2n(C(C)C)c1=O. The molecular weight excluding hydrogens is 845 g/mol. The van der Waals surface area contributed by atoms with Gasteiger partial charge >= 0.3 is 0 Å². The molecule has 9 rings (SSSR count). The van der Waals surface area contributed by atoms with Crippen molar-refractivity contribution in [3.05, 3.63) is 80.7 Å². The van der Waals surface area contributed by atoms with Gasteiger partial charge in [0.15, 0.2) is 18.2 Å². The molecule has 4 aliphatic heterocycles. The number of piperidine rings is 3. The maximum absolute atomic E-state index is 15.9. The molecule has 1 unspecified atom stereocenters. The lowest BCUT2D eigenvalue weighted by molar-refractivity contribution is -0.137. The first-order valence-corrected chi connectivity index (χ1v) is 22.6. The average Bonchev–Trinajstić information content (AvgIpc) is 3.59. The number of carbonyl (C=O) groups excluding carboxylic acids is 4. The highest BCUT2D eigenvalue weighted by Gasteiger charge is 2.42. The quantitative estimate of drug-likeness (QED) is 0.162. The number of fused-ring (bicyclic) bond motifs is 2. The van der Waals surface area contributed by atoms with E-state index in [2.05, 4.69) is 30.7 Å². The summed E-state index contributed by atoms with van der Waals surface area (Å²) in [4.78, 5) is 77.6. The molecule has 2 aromatic heterocycles. The normalized spacial score (nSPS) is 24.2. The second-order valence-electron chi connectivity index (χ2n) is 17.8. The van der Waals surface area contributed by atoms with E-state index >= 15 is 4.39 Å². The number of amides is 4. The Bertz CT molecular complexity index is 2540. The van der Waals surface area contributed by atoms with Gasteiger partial charge in [0.2, 0.25) is 17.8 Å². The second-order valence-corrected chi connectivity index (χ2v) is 18.2. The number of hydrogen-bond donors (Lipinski definition) is 3. The number of anilines is 3. The second kappa shape index (κ2) is 18.1. The molecule has 3 N–H and O–H groups in total. The molecule has 5 aliphatic rings. The van der Waals surface area contributed by atoms with Crippen LogP contribution in [0, 0.1) is 0 Å². The summed E-state index contributed by atoms with van der Waals surface area (Å²) in [6, 6.07) is 12.3. The zero-order valence-electron chi connectivity index (χ0n) is 36.1. The molecule has 4 fully saturated rings. The molecule has 3 atom stereocenters. The molecule has 2 aromatic carbocycles. The Balaban J connectivity index is 0.749. The Kier molecular flexibility index (Phi) is 12.3. The minimum absolute atomic E-state index is 0.0815. The van der Waals surface area contributed by atoms with Crippen molar-refractivity contribution >= 4 is 63.6 Å². The molecule has 6 heterocycles. The van der Waals surface area contributed by atoms with E-state index in [1.165, 1.54) is 11.9 Å². The van der Waals surface area contributed by atoms with Crippen molar-refractivity contribution in [2.24, 2.45) is 0 Å². The summed E-state index contributed by atoms with van der Waals surface area (Å²) in [6.07, 6.45) is 5.35. The topological polar surface area (TPSA) is 180 Å². The number of nitrogens with zero attached hydrogens (tertiary/aromatic N) is 6. The van der Waals surface area contributed by atoms with Gasteiger partial charge in [0.05, 0.1) is 23.9 Å². The molecule has 64 heavy (non-hydrogen) atoms. The first-order valence-electron chi connectivity index (χ1n) is 22.2. The third-order valence-electron chi connectivity index (χ3n) is 13.4. The van der Waals surface area contributed by atoms with Gasteiger partial charge in [-0.15, -0.1) is 0 Å². The van der Waals surface area contributed by atoms with Gasteiger partial charge in [0.25, 0.3) is 17.4 Å². The third-order valence-corrected chi connectivity index (χ3v) is 13.7. The molecular formula is C46H53ClFN9O7. The number of likely N-dealkylation sites (N-methyl/N-ethyl adjacent to an activating group) is 1. The molecule has 16 nitrogen and oxygen atoms in total. The monoisotopic (exact) mass is 897 g/mol. The first-order chi connectivity index (χ1) is 30.8.